The molecular weight excluding hydrogens is 328 g/mol. The second-order valence-corrected chi connectivity index (χ2v) is 8.92. The van der Waals surface area contributed by atoms with Crippen LogP contribution < -0.4 is 4.74 Å². The van der Waals surface area contributed by atoms with E-state index in [1.807, 2.05) is 18.2 Å². The minimum atomic E-state index is -3.09. The second-order valence-electron chi connectivity index (χ2n) is 6.66. The smallest absolute Gasteiger partial charge is 0.213 e. The summed E-state index contributed by atoms with van der Waals surface area (Å²) in [4.78, 5) is 4.20. The first-order valence-corrected chi connectivity index (χ1v) is 10.3. The van der Waals surface area contributed by atoms with E-state index in [0.717, 1.165) is 25.9 Å². The Hall–Kier alpha value is -1.18. The van der Waals surface area contributed by atoms with Gasteiger partial charge in [0.05, 0.1) is 19.0 Å². The van der Waals surface area contributed by atoms with Crippen LogP contribution in [0.25, 0.3) is 0 Å². The van der Waals surface area contributed by atoms with Crippen LogP contribution in [0.2, 0.25) is 0 Å². The molecule has 0 bridgehead atoms. The number of hydrogen-bond acceptors (Lipinski definition) is 5. The maximum Gasteiger partial charge on any atom is 0.213 e. The predicted molar refractivity (Wildman–Crippen MR) is 91.4 cm³/mol. The summed E-state index contributed by atoms with van der Waals surface area (Å²) in [5.74, 6) is 1.08. The first kappa shape index (κ1) is 17.6. The van der Waals surface area contributed by atoms with E-state index in [1.165, 1.54) is 0 Å². The third kappa shape index (κ3) is 3.73. The fourth-order valence-corrected chi connectivity index (χ4v) is 4.88. The number of piperidine rings is 1. The molecule has 7 heteroatoms. The standard InChI is InChI=1S/C17H26N2O4S/c1-2-24(20,21)19-10-6-17(7-11-19)8-12-22-13-15(17)14-23-16-5-3-4-9-18-16/h3-5,9,15H,2,6-8,10-14H2,1H3/t15-/m1/s1. The number of aromatic nitrogens is 1. The van der Waals surface area contributed by atoms with Crippen molar-refractivity contribution in [3.05, 3.63) is 24.4 Å². The summed E-state index contributed by atoms with van der Waals surface area (Å²) >= 11 is 0. The third-order valence-corrected chi connectivity index (χ3v) is 7.36. The highest BCUT2D eigenvalue weighted by Gasteiger charge is 2.45. The van der Waals surface area contributed by atoms with Crippen molar-refractivity contribution in [2.45, 2.75) is 26.2 Å². The topological polar surface area (TPSA) is 68.7 Å². The summed E-state index contributed by atoms with van der Waals surface area (Å²) in [7, 11) is -3.09. The summed E-state index contributed by atoms with van der Waals surface area (Å²) in [6, 6.07) is 5.62. The molecule has 1 spiro atoms. The molecule has 1 aromatic rings. The van der Waals surface area contributed by atoms with Gasteiger partial charge in [-0.05, 0) is 37.7 Å². The van der Waals surface area contributed by atoms with Crippen LogP contribution in [-0.2, 0) is 14.8 Å². The van der Waals surface area contributed by atoms with Gasteiger partial charge in [0.25, 0.3) is 0 Å². The quantitative estimate of drug-likeness (QED) is 0.808. The highest BCUT2D eigenvalue weighted by Crippen LogP contribution is 2.45. The fourth-order valence-electron chi connectivity index (χ4n) is 3.78. The lowest BCUT2D eigenvalue weighted by molar-refractivity contribution is -0.0791. The summed E-state index contributed by atoms with van der Waals surface area (Å²) in [5, 5.41) is 0. The number of pyridine rings is 1. The minimum absolute atomic E-state index is 0.118. The number of nitrogens with zero attached hydrogens (tertiary/aromatic N) is 2. The monoisotopic (exact) mass is 354 g/mol. The Morgan fingerprint density at radius 3 is 2.79 bits per heavy atom. The van der Waals surface area contributed by atoms with E-state index in [4.69, 9.17) is 9.47 Å². The molecule has 134 valence electrons. The first-order chi connectivity index (χ1) is 11.6. The van der Waals surface area contributed by atoms with E-state index < -0.39 is 10.0 Å². The third-order valence-electron chi connectivity index (χ3n) is 5.48. The zero-order chi connectivity index (χ0) is 17.0. The Labute approximate surface area is 144 Å². The highest BCUT2D eigenvalue weighted by atomic mass is 32.2. The maximum atomic E-state index is 12.1. The first-order valence-electron chi connectivity index (χ1n) is 8.65. The summed E-state index contributed by atoms with van der Waals surface area (Å²) in [6.45, 7) is 4.91. The zero-order valence-corrected chi connectivity index (χ0v) is 15.0. The van der Waals surface area contributed by atoms with Gasteiger partial charge in [-0.2, -0.15) is 0 Å². The van der Waals surface area contributed by atoms with Gasteiger partial charge in [-0.3, -0.25) is 0 Å². The van der Waals surface area contributed by atoms with Gasteiger partial charge >= 0.3 is 0 Å². The lowest BCUT2D eigenvalue weighted by atomic mass is 9.66. The van der Waals surface area contributed by atoms with Gasteiger partial charge in [-0.25, -0.2) is 17.7 Å². The highest BCUT2D eigenvalue weighted by molar-refractivity contribution is 7.89. The number of hydrogen-bond donors (Lipinski definition) is 0. The van der Waals surface area contributed by atoms with Crippen LogP contribution >= 0.6 is 0 Å². The summed E-state index contributed by atoms with van der Waals surface area (Å²) in [5.41, 5.74) is 0.118. The maximum absolute atomic E-state index is 12.1. The molecule has 0 saturated carbocycles. The molecule has 2 aliphatic heterocycles. The van der Waals surface area contributed by atoms with Gasteiger partial charge in [0, 0.05) is 37.9 Å². The Balaban J connectivity index is 1.64. The molecule has 1 atom stereocenters. The average molecular weight is 354 g/mol. The van der Waals surface area contributed by atoms with Crippen LogP contribution in [0.15, 0.2) is 24.4 Å². The Morgan fingerprint density at radius 1 is 1.33 bits per heavy atom. The molecular formula is C17H26N2O4S. The predicted octanol–water partition coefficient (Wildman–Crippen LogP) is 1.93. The molecule has 0 aliphatic carbocycles. The van der Waals surface area contributed by atoms with Crippen LogP contribution in [-0.4, -0.2) is 56.4 Å². The second kappa shape index (κ2) is 7.37. The van der Waals surface area contributed by atoms with E-state index in [2.05, 4.69) is 4.98 Å². The van der Waals surface area contributed by atoms with Crippen molar-refractivity contribution in [1.29, 1.82) is 0 Å². The molecule has 0 amide bonds. The number of sulfonamides is 1. The van der Waals surface area contributed by atoms with E-state index >= 15 is 0 Å². The van der Waals surface area contributed by atoms with Crippen molar-refractivity contribution in [2.24, 2.45) is 11.3 Å². The fraction of sp³-hybridized carbons (Fsp3) is 0.706. The van der Waals surface area contributed by atoms with E-state index in [9.17, 15) is 8.42 Å². The van der Waals surface area contributed by atoms with E-state index in [1.54, 1.807) is 17.4 Å². The summed E-state index contributed by atoms with van der Waals surface area (Å²) in [6.07, 6.45) is 4.46. The molecule has 2 saturated heterocycles. The Kier molecular flexibility index (Phi) is 5.42. The van der Waals surface area contributed by atoms with Gasteiger partial charge in [0.15, 0.2) is 0 Å². The van der Waals surface area contributed by atoms with Crippen molar-refractivity contribution < 1.29 is 17.9 Å². The molecule has 3 heterocycles. The van der Waals surface area contributed by atoms with Gasteiger partial charge in [-0.1, -0.05) is 6.07 Å². The molecule has 0 aromatic carbocycles. The van der Waals surface area contributed by atoms with Crippen molar-refractivity contribution in [3.8, 4) is 5.88 Å². The Morgan fingerprint density at radius 2 is 2.12 bits per heavy atom. The SMILES string of the molecule is CCS(=O)(=O)N1CCC2(CCOC[C@@H]2COc2ccccn2)CC1. The molecule has 2 aliphatic rings. The van der Waals surface area contributed by atoms with Gasteiger partial charge in [0.1, 0.15) is 0 Å². The summed E-state index contributed by atoms with van der Waals surface area (Å²) < 4.78 is 37.4. The van der Waals surface area contributed by atoms with Crippen LogP contribution in [0.3, 0.4) is 0 Å². The molecule has 0 radical (unpaired) electrons. The largest absolute Gasteiger partial charge is 0.477 e. The van der Waals surface area contributed by atoms with Gasteiger partial charge in [-0.15, -0.1) is 0 Å². The van der Waals surface area contributed by atoms with Crippen LogP contribution in [0.1, 0.15) is 26.2 Å². The van der Waals surface area contributed by atoms with Crippen LogP contribution in [0, 0.1) is 11.3 Å². The zero-order valence-electron chi connectivity index (χ0n) is 14.2. The molecule has 0 N–H and O–H groups in total. The Bertz CT molecular complexity index is 627. The van der Waals surface area contributed by atoms with Crippen molar-refractivity contribution in [3.63, 3.8) is 0 Å². The molecule has 2 fully saturated rings. The normalized spacial score (nSPS) is 24.8. The van der Waals surface area contributed by atoms with E-state index in [-0.39, 0.29) is 17.1 Å². The van der Waals surface area contributed by atoms with E-state index in [0.29, 0.717) is 32.2 Å². The van der Waals surface area contributed by atoms with Crippen molar-refractivity contribution in [2.75, 3.05) is 38.7 Å². The molecule has 24 heavy (non-hydrogen) atoms. The van der Waals surface area contributed by atoms with Gasteiger partial charge in [0.2, 0.25) is 15.9 Å². The minimum Gasteiger partial charge on any atom is -0.477 e. The molecule has 6 nitrogen and oxygen atoms in total. The van der Waals surface area contributed by atoms with Crippen LogP contribution in [0.4, 0.5) is 0 Å². The number of rotatable bonds is 5. The molecule has 0 unspecified atom stereocenters. The van der Waals surface area contributed by atoms with Crippen LogP contribution in [0.5, 0.6) is 5.88 Å². The molecule has 3 rings (SSSR count). The van der Waals surface area contributed by atoms with Crippen molar-refractivity contribution in [1.82, 2.24) is 9.29 Å². The lowest BCUT2D eigenvalue weighted by Gasteiger charge is -2.48. The van der Waals surface area contributed by atoms with Gasteiger partial charge < -0.3 is 9.47 Å². The average Bonchev–Trinajstić information content (AvgIpc) is 2.62. The lowest BCUT2D eigenvalue weighted by Crippen LogP contribution is -2.51. The number of ether oxygens (including phenoxy) is 2. The molecule has 1 aromatic heterocycles. The van der Waals surface area contributed by atoms with Crippen molar-refractivity contribution >= 4 is 10.0 Å².